The van der Waals surface area contributed by atoms with E-state index in [9.17, 15) is 9.59 Å². The third-order valence-corrected chi connectivity index (χ3v) is 3.30. The molecule has 0 unspecified atom stereocenters. The van der Waals surface area contributed by atoms with E-state index in [1.54, 1.807) is 19.1 Å². The van der Waals surface area contributed by atoms with Gasteiger partial charge >= 0.3 is 12.0 Å². The molecule has 3 aromatic rings. The summed E-state index contributed by atoms with van der Waals surface area (Å²) in [5.74, 6) is 0.0667. The molecule has 0 aliphatic carbocycles. The number of aromatic nitrogens is 4. The fourth-order valence-electron chi connectivity index (χ4n) is 2.24. The number of nitrogens with one attached hydrogen (secondary N) is 1. The minimum absolute atomic E-state index is 0.0139. The number of esters is 1. The highest BCUT2D eigenvalue weighted by Crippen LogP contribution is 2.25. The highest BCUT2D eigenvalue weighted by atomic mass is 16.5. The summed E-state index contributed by atoms with van der Waals surface area (Å²) in [4.78, 5) is 36.0. The van der Waals surface area contributed by atoms with Crippen LogP contribution in [0.5, 0.6) is 0 Å². The zero-order valence-corrected chi connectivity index (χ0v) is 13.4. The van der Waals surface area contributed by atoms with E-state index in [0.717, 1.165) is 0 Å². The molecule has 0 aliphatic rings. The molecule has 0 atom stereocenters. The average molecular weight is 344 g/mol. The molecule has 0 radical (unpaired) electrons. The van der Waals surface area contributed by atoms with Crippen molar-refractivity contribution in [1.82, 2.24) is 24.8 Å². The van der Waals surface area contributed by atoms with Gasteiger partial charge in [0.15, 0.2) is 11.4 Å². The van der Waals surface area contributed by atoms with E-state index in [-0.39, 0.29) is 30.5 Å². The summed E-state index contributed by atoms with van der Waals surface area (Å²) >= 11 is 0. The van der Waals surface area contributed by atoms with Crippen LogP contribution in [0, 0.1) is 0 Å². The maximum atomic E-state index is 12.3. The van der Waals surface area contributed by atoms with Crippen LogP contribution in [0.1, 0.15) is 13.3 Å². The first kappa shape index (κ1) is 16.4. The van der Waals surface area contributed by atoms with Crippen LogP contribution in [0.25, 0.3) is 22.6 Å². The average Bonchev–Trinajstić information content (AvgIpc) is 3.24. The Hall–Kier alpha value is -3.43. The van der Waals surface area contributed by atoms with E-state index in [1.165, 1.54) is 17.2 Å². The molecule has 0 fully saturated rings. The summed E-state index contributed by atoms with van der Waals surface area (Å²) in [5, 5.41) is 2.60. The van der Waals surface area contributed by atoms with E-state index in [1.807, 2.05) is 0 Å². The van der Waals surface area contributed by atoms with Crippen molar-refractivity contribution in [1.29, 1.82) is 0 Å². The lowest BCUT2D eigenvalue weighted by molar-refractivity contribution is -0.142. The second-order valence-electron chi connectivity index (χ2n) is 4.98. The molecule has 0 aliphatic heterocycles. The van der Waals surface area contributed by atoms with Gasteiger partial charge in [-0.25, -0.2) is 19.3 Å². The number of hydrogen-bond acceptors (Lipinski definition) is 8. The van der Waals surface area contributed by atoms with Gasteiger partial charge in [-0.15, -0.1) is 0 Å². The number of fused-ring (bicyclic) bond motifs is 1. The van der Waals surface area contributed by atoms with E-state index in [0.29, 0.717) is 23.6 Å². The number of rotatable bonds is 5. The Bertz CT molecular complexity index is 902. The molecule has 10 heteroatoms. The van der Waals surface area contributed by atoms with Crippen LogP contribution in [0.4, 0.5) is 10.7 Å². The Balaban J connectivity index is 1.83. The van der Waals surface area contributed by atoms with E-state index in [4.69, 9.17) is 14.9 Å². The maximum Gasteiger partial charge on any atom is 0.328 e. The highest BCUT2D eigenvalue weighted by molar-refractivity contribution is 5.93. The number of imidazole rings is 1. The minimum atomic E-state index is -0.490. The lowest BCUT2D eigenvalue weighted by atomic mass is 10.3. The molecule has 0 spiro atoms. The minimum Gasteiger partial charge on any atom is -0.466 e. The van der Waals surface area contributed by atoms with E-state index in [2.05, 4.69) is 20.3 Å². The second-order valence-corrected chi connectivity index (χ2v) is 4.98. The molecule has 130 valence electrons. The van der Waals surface area contributed by atoms with Gasteiger partial charge in [0.2, 0.25) is 5.95 Å². The summed E-state index contributed by atoms with van der Waals surface area (Å²) < 4.78 is 11.3. The van der Waals surface area contributed by atoms with Gasteiger partial charge in [0.05, 0.1) is 19.3 Å². The Morgan fingerprint density at radius 2 is 2.24 bits per heavy atom. The maximum absolute atomic E-state index is 12.3. The number of carbonyl (C=O) groups is 2. The monoisotopic (exact) mass is 344 g/mol. The van der Waals surface area contributed by atoms with Crippen LogP contribution in [-0.2, 0) is 9.53 Å². The fourth-order valence-corrected chi connectivity index (χ4v) is 2.24. The SMILES string of the molecule is CCOC(=O)CCNC(=O)n1cnc2c(-c3ccco3)nc(N)nc21. The van der Waals surface area contributed by atoms with Crippen molar-refractivity contribution in [2.45, 2.75) is 13.3 Å². The summed E-state index contributed by atoms with van der Waals surface area (Å²) in [6.07, 6.45) is 2.88. The topological polar surface area (TPSA) is 138 Å². The van der Waals surface area contributed by atoms with Crippen molar-refractivity contribution in [3.05, 3.63) is 24.7 Å². The molecule has 3 N–H and O–H groups in total. The van der Waals surface area contributed by atoms with E-state index >= 15 is 0 Å². The summed E-state index contributed by atoms with van der Waals surface area (Å²) in [6.45, 7) is 2.14. The van der Waals surface area contributed by atoms with Crippen LogP contribution in [0.3, 0.4) is 0 Å². The first-order chi connectivity index (χ1) is 12.1. The van der Waals surface area contributed by atoms with E-state index < -0.39 is 6.03 Å². The predicted octanol–water partition coefficient (Wildman–Crippen LogP) is 1.18. The lowest BCUT2D eigenvalue weighted by Crippen LogP contribution is -2.30. The van der Waals surface area contributed by atoms with Gasteiger partial charge in [0.1, 0.15) is 17.5 Å². The van der Waals surface area contributed by atoms with Crippen molar-refractivity contribution in [2.24, 2.45) is 0 Å². The smallest absolute Gasteiger partial charge is 0.328 e. The van der Waals surface area contributed by atoms with Crippen LogP contribution < -0.4 is 11.1 Å². The first-order valence-corrected chi connectivity index (χ1v) is 7.58. The molecule has 3 heterocycles. The van der Waals surface area contributed by atoms with Crippen molar-refractivity contribution in [3.63, 3.8) is 0 Å². The summed E-state index contributed by atoms with van der Waals surface area (Å²) in [6, 6.07) is 2.92. The molecular formula is C15H16N6O4. The Labute approximate surface area is 142 Å². The van der Waals surface area contributed by atoms with Gasteiger partial charge in [-0.05, 0) is 19.1 Å². The molecule has 0 saturated heterocycles. The quantitative estimate of drug-likeness (QED) is 0.658. The van der Waals surface area contributed by atoms with Gasteiger partial charge in [0.25, 0.3) is 0 Å². The zero-order chi connectivity index (χ0) is 17.8. The lowest BCUT2D eigenvalue weighted by Gasteiger charge is -2.06. The number of anilines is 1. The summed E-state index contributed by atoms with van der Waals surface area (Å²) in [5.41, 5.74) is 6.75. The molecule has 1 amide bonds. The number of ether oxygens (including phenoxy) is 1. The Morgan fingerprint density at radius 3 is 2.96 bits per heavy atom. The first-order valence-electron chi connectivity index (χ1n) is 7.58. The van der Waals surface area contributed by atoms with Crippen LogP contribution in [0.15, 0.2) is 29.1 Å². The molecule has 0 saturated carbocycles. The van der Waals surface area contributed by atoms with Crippen molar-refractivity contribution in [3.8, 4) is 11.5 Å². The Morgan fingerprint density at radius 1 is 1.40 bits per heavy atom. The molecule has 0 aromatic carbocycles. The largest absolute Gasteiger partial charge is 0.466 e. The number of nitrogens with zero attached hydrogens (tertiary/aromatic N) is 4. The number of amides is 1. The molecule has 10 nitrogen and oxygen atoms in total. The Kier molecular flexibility index (Phi) is 4.59. The van der Waals surface area contributed by atoms with Crippen LogP contribution in [0.2, 0.25) is 0 Å². The molecule has 0 bridgehead atoms. The van der Waals surface area contributed by atoms with Gasteiger partial charge in [-0.3, -0.25) is 4.79 Å². The normalized spacial score (nSPS) is 10.8. The number of furan rings is 1. The molecule has 3 rings (SSSR count). The van der Waals surface area contributed by atoms with Gasteiger partial charge < -0.3 is 20.2 Å². The third kappa shape index (κ3) is 3.42. The predicted molar refractivity (Wildman–Crippen MR) is 87.5 cm³/mol. The second kappa shape index (κ2) is 6.99. The standard InChI is InChI=1S/C15H16N6O4/c1-2-24-10(22)5-6-17-15(23)21-8-18-12-11(9-4-3-7-25-9)19-14(16)20-13(12)21/h3-4,7-8H,2,5-6H2,1H3,(H,17,23)(H2,16,19,20). The number of nitrogens with two attached hydrogens (primary N) is 1. The van der Waals surface area contributed by atoms with Crippen LogP contribution >= 0.6 is 0 Å². The zero-order valence-electron chi connectivity index (χ0n) is 13.4. The summed E-state index contributed by atoms with van der Waals surface area (Å²) in [7, 11) is 0. The van der Waals surface area contributed by atoms with Gasteiger partial charge in [-0.2, -0.15) is 4.98 Å². The fraction of sp³-hybridized carbons (Fsp3) is 0.267. The molecule has 25 heavy (non-hydrogen) atoms. The highest BCUT2D eigenvalue weighted by Gasteiger charge is 2.18. The molecular weight excluding hydrogens is 328 g/mol. The third-order valence-electron chi connectivity index (χ3n) is 3.30. The van der Waals surface area contributed by atoms with Crippen molar-refractivity contribution in [2.75, 3.05) is 18.9 Å². The van der Waals surface area contributed by atoms with Gasteiger partial charge in [-0.1, -0.05) is 0 Å². The van der Waals surface area contributed by atoms with Gasteiger partial charge in [0, 0.05) is 6.54 Å². The number of carbonyl (C=O) groups excluding carboxylic acids is 2. The van der Waals surface area contributed by atoms with Crippen molar-refractivity contribution < 1.29 is 18.7 Å². The number of nitrogen functional groups attached to an aromatic ring is 1. The number of hydrogen-bond donors (Lipinski definition) is 2. The van der Waals surface area contributed by atoms with Crippen LogP contribution in [-0.4, -0.2) is 44.7 Å². The molecule has 3 aromatic heterocycles. The van der Waals surface area contributed by atoms with Crippen molar-refractivity contribution >= 4 is 29.1 Å².